The fourth-order valence-electron chi connectivity index (χ4n) is 1.98. The Bertz CT molecular complexity index is 296. The smallest absolute Gasteiger partial charge is 0.307 e. The highest BCUT2D eigenvalue weighted by molar-refractivity contribution is 5.71. The van der Waals surface area contributed by atoms with Crippen LogP contribution in [0.1, 0.15) is 31.0 Å². The van der Waals surface area contributed by atoms with Gasteiger partial charge in [-0.1, -0.05) is 6.42 Å². The van der Waals surface area contributed by atoms with E-state index < -0.39 is 5.97 Å². The van der Waals surface area contributed by atoms with Crippen LogP contribution in [0.4, 0.5) is 0 Å². The minimum Gasteiger partial charge on any atom is -0.481 e. The zero-order chi connectivity index (χ0) is 9.26. The summed E-state index contributed by atoms with van der Waals surface area (Å²) in [6, 6.07) is 0. The molecule has 1 fully saturated rings. The Morgan fingerprint density at radius 3 is 3.08 bits per heavy atom. The molecule has 0 bridgehead atoms. The van der Waals surface area contributed by atoms with Crippen molar-refractivity contribution in [1.82, 2.24) is 15.2 Å². The van der Waals surface area contributed by atoms with Crippen LogP contribution in [0.2, 0.25) is 0 Å². The van der Waals surface area contributed by atoms with Crippen LogP contribution in [0, 0.1) is 5.92 Å². The summed E-state index contributed by atoms with van der Waals surface area (Å²) in [4.78, 5) is 14.8. The van der Waals surface area contributed by atoms with Crippen LogP contribution in [0.25, 0.3) is 0 Å². The van der Waals surface area contributed by atoms with Crippen molar-refractivity contribution in [2.24, 2.45) is 5.92 Å². The van der Waals surface area contributed by atoms with E-state index in [4.69, 9.17) is 5.11 Å². The van der Waals surface area contributed by atoms with E-state index >= 15 is 0 Å². The number of aromatic amines is 1. The van der Waals surface area contributed by atoms with E-state index in [1.54, 1.807) is 0 Å². The van der Waals surface area contributed by atoms with Crippen molar-refractivity contribution in [2.75, 3.05) is 0 Å². The molecule has 0 spiro atoms. The van der Waals surface area contributed by atoms with Gasteiger partial charge in [-0.2, -0.15) is 5.10 Å². The Morgan fingerprint density at radius 1 is 1.62 bits per heavy atom. The number of H-pyrrole nitrogens is 1. The van der Waals surface area contributed by atoms with Crippen LogP contribution >= 0.6 is 0 Å². The topological polar surface area (TPSA) is 78.9 Å². The van der Waals surface area contributed by atoms with Crippen molar-refractivity contribution in [1.29, 1.82) is 0 Å². The number of carboxylic acids is 1. The average molecular weight is 181 g/mol. The third-order valence-corrected chi connectivity index (χ3v) is 2.62. The Morgan fingerprint density at radius 2 is 2.46 bits per heavy atom. The van der Waals surface area contributed by atoms with Gasteiger partial charge in [-0.3, -0.25) is 9.89 Å². The maximum absolute atomic E-state index is 10.8. The third kappa shape index (κ3) is 1.41. The minimum atomic E-state index is -0.723. The highest BCUT2D eigenvalue weighted by atomic mass is 16.4. The molecule has 0 saturated heterocycles. The summed E-state index contributed by atoms with van der Waals surface area (Å²) in [7, 11) is 0. The molecule has 1 heterocycles. The van der Waals surface area contributed by atoms with Gasteiger partial charge in [0.05, 0.1) is 5.92 Å². The molecule has 0 radical (unpaired) electrons. The van der Waals surface area contributed by atoms with Crippen LogP contribution in [-0.4, -0.2) is 26.3 Å². The predicted octanol–water partition coefficient (Wildman–Crippen LogP) is 0.773. The quantitative estimate of drug-likeness (QED) is 0.706. The van der Waals surface area contributed by atoms with Crippen LogP contribution in [0.3, 0.4) is 0 Å². The fraction of sp³-hybridized carbons (Fsp3) is 0.625. The molecule has 70 valence electrons. The highest BCUT2D eigenvalue weighted by Crippen LogP contribution is 2.37. The maximum atomic E-state index is 10.8. The van der Waals surface area contributed by atoms with Crippen LogP contribution in [0.15, 0.2) is 6.33 Å². The number of aromatic nitrogens is 3. The monoisotopic (exact) mass is 181 g/mol. The first kappa shape index (κ1) is 8.22. The van der Waals surface area contributed by atoms with Crippen molar-refractivity contribution in [3.05, 3.63) is 12.2 Å². The largest absolute Gasteiger partial charge is 0.481 e. The SMILES string of the molecule is O=C(O)[C@@H]1CCC[C@@H]1c1ncn[nH]1. The molecule has 2 rings (SSSR count). The number of rotatable bonds is 2. The Kier molecular flexibility index (Phi) is 2.00. The van der Waals surface area contributed by atoms with Crippen LogP contribution in [-0.2, 0) is 4.79 Å². The van der Waals surface area contributed by atoms with E-state index in [1.807, 2.05) is 0 Å². The van der Waals surface area contributed by atoms with E-state index in [0.29, 0.717) is 5.82 Å². The molecule has 0 aromatic carbocycles. The zero-order valence-corrected chi connectivity index (χ0v) is 7.10. The van der Waals surface area contributed by atoms with Gasteiger partial charge in [0.15, 0.2) is 0 Å². The number of aliphatic carboxylic acids is 1. The number of hydrogen-bond donors (Lipinski definition) is 2. The summed E-state index contributed by atoms with van der Waals surface area (Å²) >= 11 is 0. The van der Waals surface area contributed by atoms with Gasteiger partial charge in [0.25, 0.3) is 0 Å². The standard InChI is InChI=1S/C8H11N3O2/c12-8(13)6-3-1-2-5(6)7-9-4-10-11-7/h4-6H,1-3H2,(H,12,13)(H,9,10,11)/t5-,6+/m0/s1. The molecule has 0 amide bonds. The molecular weight excluding hydrogens is 170 g/mol. The first-order chi connectivity index (χ1) is 6.29. The van der Waals surface area contributed by atoms with Crippen molar-refractivity contribution in [2.45, 2.75) is 25.2 Å². The predicted molar refractivity (Wildman–Crippen MR) is 44.1 cm³/mol. The van der Waals surface area contributed by atoms with Gasteiger partial charge in [0, 0.05) is 5.92 Å². The van der Waals surface area contributed by atoms with Crippen molar-refractivity contribution < 1.29 is 9.90 Å². The zero-order valence-electron chi connectivity index (χ0n) is 7.10. The van der Waals surface area contributed by atoms with Gasteiger partial charge in [-0.15, -0.1) is 0 Å². The summed E-state index contributed by atoms with van der Waals surface area (Å²) in [5.74, 6) is -0.267. The minimum absolute atomic E-state index is 0.0278. The third-order valence-electron chi connectivity index (χ3n) is 2.62. The van der Waals surface area contributed by atoms with Crippen LogP contribution in [0.5, 0.6) is 0 Å². The lowest BCUT2D eigenvalue weighted by Crippen LogP contribution is -2.17. The van der Waals surface area contributed by atoms with E-state index in [9.17, 15) is 4.79 Å². The van der Waals surface area contributed by atoms with Gasteiger partial charge in [-0.25, -0.2) is 4.98 Å². The number of carboxylic acid groups (broad SMARTS) is 1. The molecule has 1 aliphatic rings. The Hall–Kier alpha value is -1.39. The lowest BCUT2D eigenvalue weighted by atomic mass is 9.96. The molecule has 1 aliphatic carbocycles. The number of nitrogens with one attached hydrogen (secondary N) is 1. The summed E-state index contributed by atoms with van der Waals surface area (Å²) in [5.41, 5.74) is 0. The highest BCUT2D eigenvalue weighted by Gasteiger charge is 2.35. The molecule has 0 unspecified atom stereocenters. The number of hydrogen-bond acceptors (Lipinski definition) is 3. The number of carbonyl (C=O) groups is 1. The molecule has 0 aliphatic heterocycles. The van der Waals surface area contributed by atoms with Crippen molar-refractivity contribution in [3.63, 3.8) is 0 Å². The Balaban J connectivity index is 2.19. The van der Waals surface area contributed by atoms with Crippen molar-refractivity contribution >= 4 is 5.97 Å². The average Bonchev–Trinajstić information content (AvgIpc) is 2.74. The van der Waals surface area contributed by atoms with Gasteiger partial charge in [0.1, 0.15) is 12.2 Å². The molecule has 1 saturated carbocycles. The van der Waals surface area contributed by atoms with Crippen LogP contribution < -0.4 is 0 Å². The number of nitrogens with zero attached hydrogens (tertiary/aromatic N) is 2. The van der Waals surface area contributed by atoms with Gasteiger partial charge < -0.3 is 5.11 Å². The lowest BCUT2D eigenvalue weighted by Gasteiger charge is -2.11. The molecule has 5 nitrogen and oxygen atoms in total. The molecular formula is C8H11N3O2. The molecule has 1 aromatic heterocycles. The van der Waals surface area contributed by atoms with E-state index in [0.717, 1.165) is 19.3 Å². The molecule has 5 heteroatoms. The maximum Gasteiger partial charge on any atom is 0.307 e. The summed E-state index contributed by atoms with van der Waals surface area (Å²) in [6.45, 7) is 0. The first-order valence-corrected chi connectivity index (χ1v) is 4.37. The van der Waals surface area contributed by atoms with E-state index in [2.05, 4.69) is 15.2 Å². The fourth-order valence-corrected chi connectivity index (χ4v) is 1.98. The summed E-state index contributed by atoms with van der Waals surface area (Å²) in [6.07, 6.45) is 4.03. The normalized spacial score (nSPS) is 27.7. The molecule has 13 heavy (non-hydrogen) atoms. The molecule has 1 aromatic rings. The van der Waals surface area contributed by atoms with Gasteiger partial charge in [-0.05, 0) is 12.8 Å². The second-order valence-electron chi connectivity index (χ2n) is 3.35. The second-order valence-corrected chi connectivity index (χ2v) is 3.35. The molecule has 2 N–H and O–H groups in total. The summed E-state index contributed by atoms with van der Waals surface area (Å²) in [5, 5.41) is 15.4. The lowest BCUT2D eigenvalue weighted by molar-refractivity contribution is -0.142. The van der Waals surface area contributed by atoms with E-state index in [-0.39, 0.29) is 11.8 Å². The van der Waals surface area contributed by atoms with Gasteiger partial charge >= 0.3 is 5.97 Å². The second kappa shape index (κ2) is 3.16. The van der Waals surface area contributed by atoms with Gasteiger partial charge in [0.2, 0.25) is 0 Å². The first-order valence-electron chi connectivity index (χ1n) is 4.37. The Labute approximate surface area is 75.2 Å². The van der Waals surface area contributed by atoms with E-state index in [1.165, 1.54) is 6.33 Å². The molecule has 2 atom stereocenters. The van der Waals surface area contributed by atoms with Crippen molar-refractivity contribution in [3.8, 4) is 0 Å². The summed E-state index contributed by atoms with van der Waals surface area (Å²) < 4.78 is 0.